The molecule has 186 valence electrons. The van der Waals surface area contributed by atoms with Crippen molar-refractivity contribution < 1.29 is 28.8 Å². The van der Waals surface area contributed by atoms with Gasteiger partial charge in [-0.15, -0.1) is 0 Å². The Kier molecular flexibility index (Phi) is 7.53. The molecule has 2 aliphatic rings. The van der Waals surface area contributed by atoms with Gasteiger partial charge in [-0.3, -0.25) is 38.6 Å². The molecule has 0 saturated heterocycles. The van der Waals surface area contributed by atoms with E-state index in [0.717, 1.165) is 9.80 Å². The molecule has 2 N–H and O–H groups in total. The molecular formula is C26H26N4O6. The van der Waals surface area contributed by atoms with Gasteiger partial charge in [0.05, 0.1) is 22.3 Å². The van der Waals surface area contributed by atoms with Crippen LogP contribution in [0, 0.1) is 0 Å². The van der Waals surface area contributed by atoms with Gasteiger partial charge >= 0.3 is 0 Å². The lowest BCUT2D eigenvalue weighted by Gasteiger charge is -2.14. The highest BCUT2D eigenvalue weighted by Gasteiger charge is 2.35. The number of hydrogen-bond donors (Lipinski definition) is 2. The van der Waals surface area contributed by atoms with Crippen molar-refractivity contribution >= 4 is 35.4 Å². The van der Waals surface area contributed by atoms with Crippen molar-refractivity contribution in [2.45, 2.75) is 25.7 Å². The van der Waals surface area contributed by atoms with E-state index in [1.54, 1.807) is 48.5 Å². The van der Waals surface area contributed by atoms with Crippen LogP contribution in [0.15, 0.2) is 48.5 Å². The van der Waals surface area contributed by atoms with Gasteiger partial charge < -0.3 is 10.6 Å². The predicted octanol–water partition coefficient (Wildman–Crippen LogP) is 1.37. The summed E-state index contributed by atoms with van der Waals surface area (Å²) in [6, 6.07) is 13.3. The lowest BCUT2D eigenvalue weighted by atomic mass is 10.1. The number of amides is 6. The summed E-state index contributed by atoms with van der Waals surface area (Å²) >= 11 is 0. The van der Waals surface area contributed by atoms with Gasteiger partial charge in [0.2, 0.25) is 11.8 Å². The van der Waals surface area contributed by atoms with Crippen LogP contribution in [0.25, 0.3) is 0 Å². The number of nitrogens with zero attached hydrogens (tertiary/aromatic N) is 2. The van der Waals surface area contributed by atoms with Gasteiger partial charge in [-0.1, -0.05) is 24.3 Å². The third-order valence-corrected chi connectivity index (χ3v) is 6.10. The molecule has 2 aliphatic heterocycles. The molecular weight excluding hydrogens is 464 g/mol. The van der Waals surface area contributed by atoms with Crippen molar-refractivity contribution in [1.82, 2.24) is 20.4 Å². The molecule has 0 atom stereocenters. The van der Waals surface area contributed by atoms with Gasteiger partial charge in [0.15, 0.2) is 0 Å². The second kappa shape index (κ2) is 10.9. The largest absolute Gasteiger partial charge is 0.354 e. The van der Waals surface area contributed by atoms with Crippen molar-refractivity contribution in [1.29, 1.82) is 0 Å². The van der Waals surface area contributed by atoms with E-state index in [1.165, 1.54) is 0 Å². The van der Waals surface area contributed by atoms with Gasteiger partial charge in [0.1, 0.15) is 0 Å². The van der Waals surface area contributed by atoms with Crippen LogP contribution in [0.4, 0.5) is 0 Å². The van der Waals surface area contributed by atoms with Crippen molar-refractivity contribution in [3.05, 3.63) is 70.8 Å². The van der Waals surface area contributed by atoms with E-state index in [4.69, 9.17) is 0 Å². The van der Waals surface area contributed by atoms with E-state index >= 15 is 0 Å². The molecule has 0 fully saturated rings. The summed E-state index contributed by atoms with van der Waals surface area (Å²) < 4.78 is 0. The second-order valence-electron chi connectivity index (χ2n) is 8.52. The first-order valence-electron chi connectivity index (χ1n) is 11.8. The fraction of sp³-hybridized carbons (Fsp3) is 0.308. The monoisotopic (exact) mass is 490 g/mol. The first-order chi connectivity index (χ1) is 17.4. The molecule has 4 rings (SSSR count). The average Bonchev–Trinajstić information content (AvgIpc) is 3.27. The zero-order valence-electron chi connectivity index (χ0n) is 19.6. The third kappa shape index (κ3) is 5.17. The molecule has 36 heavy (non-hydrogen) atoms. The Bertz CT molecular complexity index is 1070. The Hall–Kier alpha value is -4.34. The van der Waals surface area contributed by atoms with Crippen LogP contribution < -0.4 is 10.6 Å². The van der Waals surface area contributed by atoms with E-state index in [-0.39, 0.29) is 74.5 Å². The molecule has 0 radical (unpaired) electrons. The number of carbonyl (C=O) groups excluding carboxylic acids is 6. The molecule has 6 amide bonds. The van der Waals surface area contributed by atoms with Crippen molar-refractivity contribution in [3.8, 4) is 0 Å². The van der Waals surface area contributed by atoms with E-state index in [1.807, 2.05) is 0 Å². The van der Waals surface area contributed by atoms with Crippen LogP contribution in [0.3, 0.4) is 0 Å². The standard InChI is InChI=1S/C26H26N4O6/c31-21(11-5-15-29-23(33)17-7-1-2-8-18(17)24(29)34)27-13-14-28-22(32)12-6-16-30-25(35)19-9-3-4-10-20(19)26(30)36/h1-4,7-10H,5-6,11-16H2,(H,27,31)(H,28,32). The summed E-state index contributed by atoms with van der Waals surface area (Å²) in [6.45, 7) is 0.777. The quantitative estimate of drug-likeness (QED) is 0.361. The maximum absolute atomic E-state index is 12.3. The molecule has 2 aromatic carbocycles. The zero-order chi connectivity index (χ0) is 25.7. The van der Waals surface area contributed by atoms with Crippen LogP contribution in [0.1, 0.15) is 67.1 Å². The Morgan fingerprint density at radius 3 is 1.17 bits per heavy atom. The summed E-state index contributed by atoms with van der Waals surface area (Å²) in [5.41, 5.74) is 1.52. The maximum Gasteiger partial charge on any atom is 0.261 e. The van der Waals surface area contributed by atoms with Gasteiger partial charge in [0, 0.05) is 39.0 Å². The minimum atomic E-state index is -0.346. The first kappa shape index (κ1) is 24.8. The fourth-order valence-corrected chi connectivity index (χ4v) is 4.26. The summed E-state index contributed by atoms with van der Waals surface area (Å²) in [5, 5.41) is 5.37. The number of benzene rings is 2. The zero-order valence-corrected chi connectivity index (χ0v) is 19.6. The van der Waals surface area contributed by atoms with Crippen LogP contribution in [-0.4, -0.2) is 71.4 Å². The maximum atomic E-state index is 12.3. The molecule has 10 heteroatoms. The fourth-order valence-electron chi connectivity index (χ4n) is 4.26. The molecule has 0 spiro atoms. The topological polar surface area (TPSA) is 133 Å². The summed E-state index contributed by atoms with van der Waals surface area (Å²) in [4.78, 5) is 75.7. The lowest BCUT2D eigenvalue weighted by molar-refractivity contribution is -0.123. The second-order valence-corrected chi connectivity index (χ2v) is 8.52. The van der Waals surface area contributed by atoms with E-state index in [9.17, 15) is 28.8 Å². The first-order valence-corrected chi connectivity index (χ1v) is 11.8. The molecule has 0 aliphatic carbocycles. The van der Waals surface area contributed by atoms with Crippen LogP contribution in [0.5, 0.6) is 0 Å². The minimum Gasteiger partial charge on any atom is -0.354 e. The van der Waals surface area contributed by atoms with Crippen LogP contribution >= 0.6 is 0 Å². The van der Waals surface area contributed by atoms with Gasteiger partial charge in [0.25, 0.3) is 23.6 Å². The third-order valence-electron chi connectivity index (χ3n) is 6.10. The van der Waals surface area contributed by atoms with E-state index in [0.29, 0.717) is 35.1 Å². The summed E-state index contributed by atoms with van der Waals surface area (Å²) in [5.74, 6) is -1.87. The molecule has 0 saturated carbocycles. The van der Waals surface area contributed by atoms with Crippen molar-refractivity contribution in [2.75, 3.05) is 26.2 Å². The number of fused-ring (bicyclic) bond motifs is 2. The highest BCUT2D eigenvalue weighted by atomic mass is 16.2. The van der Waals surface area contributed by atoms with Gasteiger partial charge in [-0.2, -0.15) is 0 Å². The Morgan fingerprint density at radius 1 is 0.556 bits per heavy atom. The van der Waals surface area contributed by atoms with E-state index < -0.39 is 0 Å². The number of imide groups is 2. The number of rotatable bonds is 11. The van der Waals surface area contributed by atoms with E-state index in [2.05, 4.69) is 10.6 Å². The number of nitrogens with one attached hydrogen (secondary N) is 2. The molecule has 2 heterocycles. The van der Waals surface area contributed by atoms with Crippen molar-refractivity contribution in [2.24, 2.45) is 0 Å². The minimum absolute atomic E-state index is 0.141. The number of carbonyl (C=O) groups is 6. The molecule has 0 aromatic heterocycles. The molecule has 10 nitrogen and oxygen atoms in total. The normalized spacial score (nSPS) is 14.2. The van der Waals surface area contributed by atoms with Crippen molar-refractivity contribution in [3.63, 3.8) is 0 Å². The Labute approximate surface area is 207 Å². The highest BCUT2D eigenvalue weighted by Crippen LogP contribution is 2.23. The summed E-state index contributed by atoms with van der Waals surface area (Å²) in [6.07, 6.45) is 0.951. The molecule has 0 unspecified atom stereocenters. The predicted molar refractivity (Wildman–Crippen MR) is 128 cm³/mol. The molecule has 0 bridgehead atoms. The smallest absolute Gasteiger partial charge is 0.261 e. The molecule has 2 aromatic rings. The lowest BCUT2D eigenvalue weighted by Crippen LogP contribution is -2.36. The Morgan fingerprint density at radius 2 is 0.861 bits per heavy atom. The highest BCUT2D eigenvalue weighted by molar-refractivity contribution is 6.22. The average molecular weight is 491 g/mol. The van der Waals surface area contributed by atoms with Gasteiger partial charge in [-0.25, -0.2) is 0 Å². The SMILES string of the molecule is O=C(CCCN1C(=O)c2ccccc2C1=O)NCCNC(=O)CCCN1C(=O)c2ccccc2C1=O. The van der Waals surface area contributed by atoms with Crippen LogP contribution in [0.2, 0.25) is 0 Å². The van der Waals surface area contributed by atoms with Crippen LogP contribution in [-0.2, 0) is 9.59 Å². The Balaban J connectivity index is 1.07. The summed E-state index contributed by atoms with van der Waals surface area (Å²) in [7, 11) is 0. The van der Waals surface area contributed by atoms with Gasteiger partial charge in [-0.05, 0) is 37.1 Å². The number of hydrogen-bond acceptors (Lipinski definition) is 6.